The van der Waals surface area contributed by atoms with E-state index in [1.807, 2.05) is 30.5 Å². The smallest absolute Gasteiger partial charge is 0.261 e. The Labute approximate surface area is 113 Å². The van der Waals surface area contributed by atoms with Gasteiger partial charge in [0.05, 0.1) is 5.52 Å². The van der Waals surface area contributed by atoms with E-state index in [1.165, 1.54) is 4.90 Å². The zero-order valence-electron chi connectivity index (χ0n) is 10.2. The van der Waals surface area contributed by atoms with Gasteiger partial charge in [-0.1, -0.05) is 0 Å². The average Bonchev–Trinajstić information content (AvgIpc) is 2.84. The molecule has 0 aliphatic carbocycles. The van der Waals surface area contributed by atoms with Gasteiger partial charge >= 0.3 is 0 Å². The maximum Gasteiger partial charge on any atom is 0.261 e. The predicted molar refractivity (Wildman–Crippen MR) is 78.2 cm³/mol. The van der Waals surface area contributed by atoms with Crippen LogP contribution in [0, 0.1) is 0 Å². The first-order chi connectivity index (χ1) is 9.28. The van der Waals surface area contributed by atoms with Crippen LogP contribution in [0.3, 0.4) is 0 Å². The van der Waals surface area contributed by atoms with Crippen molar-refractivity contribution >= 4 is 34.2 Å². The fraction of sp³-hybridized carbons (Fsp3) is 0.0769. The lowest BCUT2D eigenvalue weighted by Crippen LogP contribution is -2.05. The minimum atomic E-state index is -0.158. The lowest BCUT2D eigenvalue weighted by atomic mass is 10.3. The van der Waals surface area contributed by atoms with E-state index in [9.17, 15) is 4.79 Å². The second-order valence-electron chi connectivity index (χ2n) is 4.02. The van der Waals surface area contributed by atoms with Gasteiger partial charge in [-0.25, -0.2) is 0 Å². The number of hydrogen-bond donors (Lipinski definition) is 3. The first kappa shape index (κ1) is 11.9. The van der Waals surface area contributed by atoms with Gasteiger partial charge in [-0.2, -0.15) is 5.10 Å². The van der Waals surface area contributed by atoms with Crippen molar-refractivity contribution in [2.45, 2.75) is 4.90 Å². The number of benzene rings is 1. The summed E-state index contributed by atoms with van der Waals surface area (Å²) in [7, 11) is 0. The minimum Gasteiger partial charge on any atom is -0.338 e. The Morgan fingerprint density at radius 1 is 1.21 bits per heavy atom. The van der Waals surface area contributed by atoms with Crippen LogP contribution < -0.4 is 10.9 Å². The molecule has 0 aliphatic heterocycles. The number of thioether (sulfide) groups is 1. The third-order valence-corrected chi connectivity index (χ3v) is 3.58. The minimum absolute atomic E-state index is 0.158. The molecule has 0 saturated heterocycles. The third-order valence-electron chi connectivity index (χ3n) is 2.84. The van der Waals surface area contributed by atoms with Crippen molar-refractivity contribution in [3.63, 3.8) is 0 Å². The Hall–Kier alpha value is -2.21. The summed E-state index contributed by atoms with van der Waals surface area (Å²) in [5, 5.41) is 10.7. The van der Waals surface area contributed by atoms with Crippen LogP contribution in [0.4, 0.5) is 11.5 Å². The number of rotatable bonds is 3. The summed E-state index contributed by atoms with van der Waals surface area (Å²) in [6.07, 6.45) is 3.63. The Morgan fingerprint density at radius 2 is 2.00 bits per heavy atom. The van der Waals surface area contributed by atoms with Gasteiger partial charge in [-0.05, 0) is 36.6 Å². The number of hydrogen-bond acceptors (Lipinski definition) is 4. The monoisotopic (exact) mass is 272 g/mol. The summed E-state index contributed by atoms with van der Waals surface area (Å²) in [4.78, 5) is 15.6. The van der Waals surface area contributed by atoms with Gasteiger partial charge in [0, 0.05) is 16.8 Å². The molecule has 0 aliphatic rings. The van der Waals surface area contributed by atoms with E-state index in [-0.39, 0.29) is 5.56 Å². The maximum atomic E-state index is 11.8. The van der Waals surface area contributed by atoms with Crippen LogP contribution in [-0.4, -0.2) is 21.4 Å². The quantitative estimate of drug-likeness (QED) is 0.641. The van der Waals surface area contributed by atoms with E-state index in [2.05, 4.69) is 20.5 Å². The number of pyridine rings is 1. The topological polar surface area (TPSA) is 73.6 Å². The number of fused-ring (bicyclic) bond motifs is 1. The maximum absolute atomic E-state index is 11.8. The third kappa shape index (κ3) is 2.22. The summed E-state index contributed by atoms with van der Waals surface area (Å²) in [6.45, 7) is 0. The molecule has 3 N–H and O–H groups in total. The molecule has 3 rings (SSSR count). The number of H-pyrrole nitrogens is 2. The summed E-state index contributed by atoms with van der Waals surface area (Å²) in [5.41, 5.74) is 1.45. The van der Waals surface area contributed by atoms with Gasteiger partial charge in [-0.3, -0.25) is 9.89 Å². The Bertz CT molecular complexity index is 760. The number of aromatic amines is 2. The fourth-order valence-electron chi connectivity index (χ4n) is 1.88. The standard InChI is InChI=1S/C13H12N4OS/c1-19-9-4-2-8(3-5-9)15-12-11-10(16-17-12)6-7-14-13(11)18/h2-7H,1H3,(H,14,18)(H2,15,16,17). The molecule has 0 amide bonds. The van der Waals surface area contributed by atoms with E-state index in [0.717, 1.165) is 5.69 Å². The van der Waals surface area contributed by atoms with Crippen LogP contribution in [0.15, 0.2) is 46.2 Å². The van der Waals surface area contributed by atoms with Crippen LogP contribution in [0.2, 0.25) is 0 Å². The van der Waals surface area contributed by atoms with Crippen molar-refractivity contribution in [3.05, 3.63) is 46.9 Å². The van der Waals surface area contributed by atoms with Crippen molar-refractivity contribution in [1.82, 2.24) is 15.2 Å². The molecule has 6 heteroatoms. The zero-order chi connectivity index (χ0) is 13.2. The van der Waals surface area contributed by atoms with E-state index >= 15 is 0 Å². The lowest BCUT2D eigenvalue weighted by molar-refractivity contribution is 1.12. The van der Waals surface area contributed by atoms with Crippen LogP contribution >= 0.6 is 11.8 Å². The molecule has 2 heterocycles. The first-order valence-corrected chi connectivity index (χ1v) is 6.97. The number of aromatic nitrogens is 3. The van der Waals surface area contributed by atoms with Gasteiger partial charge in [0.15, 0.2) is 5.82 Å². The molecule has 0 saturated carbocycles. The molecular formula is C13H12N4OS. The molecule has 0 atom stereocenters. The Balaban J connectivity index is 1.98. The van der Waals surface area contributed by atoms with Crippen LogP contribution in [-0.2, 0) is 0 Å². The zero-order valence-corrected chi connectivity index (χ0v) is 11.0. The Kier molecular flexibility index (Phi) is 3.00. The molecule has 3 aromatic rings. The second kappa shape index (κ2) is 4.81. The van der Waals surface area contributed by atoms with E-state index in [1.54, 1.807) is 24.0 Å². The van der Waals surface area contributed by atoms with Gasteiger partial charge in [0.25, 0.3) is 5.56 Å². The Morgan fingerprint density at radius 3 is 2.74 bits per heavy atom. The largest absolute Gasteiger partial charge is 0.338 e. The summed E-state index contributed by atoms with van der Waals surface area (Å²) < 4.78 is 0. The van der Waals surface area contributed by atoms with Crippen molar-refractivity contribution in [2.75, 3.05) is 11.6 Å². The van der Waals surface area contributed by atoms with Crippen molar-refractivity contribution in [1.29, 1.82) is 0 Å². The van der Waals surface area contributed by atoms with Crippen LogP contribution in [0.1, 0.15) is 0 Å². The first-order valence-electron chi connectivity index (χ1n) is 5.75. The van der Waals surface area contributed by atoms with Crippen molar-refractivity contribution in [3.8, 4) is 0 Å². The molecule has 96 valence electrons. The van der Waals surface area contributed by atoms with Crippen molar-refractivity contribution < 1.29 is 0 Å². The normalized spacial score (nSPS) is 10.8. The van der Waals surface area contributed by atoms with E-state index < -0.39 is 0 Å². The highest BCUT2D eigenvalue weighted by molar-refractivity contribution is 7.98. The highest BCUT2D eigenvalue weighted by atomic mass is 32.2. The van der Waals surface area contributed by atoms with Crippen LogP contribution in [0.5, 0.6) is 0 Å². The molecule has 5 nitrogen and oxygen atoms in total. The van der Waals surface area contributed by atoms with Crippen LogP contribution in [0.25, 0.3) is 10.9 Å². The highest BCUT2D eigenvalue weighted by Crippen LogP contribution is 2.22. The predicted octanol–water partition coefficient (Wildman–Crippen LogP) is 2.72. The number of anilines is 2. The SMILES string of the molecule is CSc1ccc(Nc2n[nH]c3cc[nH]c(=O)c23)cc1. The average molecular weight is 272 g/mol. The number of nitrogens with zero attached hydrogens (tertiary/aromatic N) is 1. The van der Waals surface area contributed by atoms with Crippen molar-refractivity contribution in [2.24, 2.45) is 0 Å². The molecule has 1 aromatic carbocycles. The summed E-state index contributed by atoms with van der Waals surface area (Å²) >= 11 is 1.69. The molecule has 0 spiro atoms. The molecular weight excluding hydrogens is 260 g/mol. The van der Waals surface area contributed by atoms with Gasteiger partial charge in [-0.15, -0.1) is 11.8 Å². The van der Waals surface area contributed by atoms with Gasteiger partial charge < -0.3 is 10.3 Å². The number of nitrogens with one attached hydrogen (secondary N) is 3. The van der Waals surface area contributed by atoms with Gasteiger partial charge in [0.2, 0.25) is 0 Å². The summed E-state index contributed by atoms with van der Waals surface area (Å²) in [6, 6.07) is 9.75. The van der Waals surface area contributed by atoms with E-state index in [4.69, 9.17) is 0 Å². The van der Waals surface area contributed by atoms with E-state index in [0.29, 0.717) is 16.7 Å². The second-order valence-corrected chi connectivity index (χ2v) is 4.90. The molecule has 0 bridgehead atoms. The fourth-order valence-corrected chi connectivity index (χ4v) is 2.29. The molecule has 0 unspecified atom stereocenters. The molecule has 19 heavy (non-hydrogen) atoms. The molecule has 0 radical (unpaired) electrons. The molecule has 2 aromatic heterocycles. The lowest BCUT2D eigenvalue weighted by Gasteiger charge is -2.03. The molecule has 0 fully saturated rings. The van der Waals surface area contributed by atoms with Gasteiger partial charge in [0.1, 0.15) is 5.39 Å². The summed E-state index contributed by atoms with van der Waals surface area (Å²) in [5.74, 6) is 0.536. The highest BCUT2D eigenvalue weighted by Gasteiger charge is 2.09.